The summed E-state index contributed by atoms with van der Waals surface area (Å²) in [5.74, 6) is 0.857. The number of amidine groups is 1. The quantitative estimate of drug-likeness (QED) is 0.558. The Morgan fingerprint density at radius 2 is 1.95 bits per heavy atom. The zero-order chi connectivity index (χ0) is 14.6. The van der Waals surface area contributed by atoms with Gasteiger partial charge < -0.3 is 15.6 Å². The minimum Gasteiger partial charge on any atom is -0.492 e. The molecule has 1 aromatic rings. The van der Waals surface area contributed by atoms with Gasteiger partial charge in [-0.2, -0.15) is 0 Å². The van der Waals surface area contributed by atoms with E-state index in [1.807, 2.05) is 19.1 Å². The van der Waals surface area contributed by atoms with Crippen LogP contribution in [0.1, 0.15) is 25.3 Å². The van der Waals surface area contributed by atoms with Crippen LogP contribution in [0.15, 0.2) is 24.3 Å². The first-order chi connectivity index (χ1) is 9.46. The van der Waals surface area contributed by atoms with Crippen molar-refractivity contribution in [3.8, 4) is 5.75 Å². The van der Waals surface area contributed by atoms with Crippen molar-refractivity contribution in [3.63, 3.8) is 0 Å². The second kappa shape index (κ2) is 6.24. The van der Waals surface area contributed by atoms with Gasteiger partial charge in [0, 0.05) is 25.2 Å². The number of aliphatic hydroxyl groups is 1. The third kappa shape index (κ3) is 4.21. The number of ether oxygens (including phenoxy) is 1. The zero-order valence-corrected chi connectivity index (χ0v) is 11.9. The molecule has 1 aliphatic heterocycles. The molecule has 0 unspecified atom stereocenters. The van der Waals surface area contributed by atoms with Crippen molar-refractivity contribution in [1.29, 1.82) is 5.41 Å². The summed E-state index contributed by atoms with van der Waals surface area (Å²) in [5, 5.41) is 17.2. The lowest BCUT2D eigenvalue weighted by Crippen LogP contribution is -2.43. The van der Waals surface area contributed by atoms with E-state index in [0.717, 1.165) is 38.2 Å². The SMILES string of the molecule is CC1(O)CCN(CCOc2ccc(C(=N)N)cc2)CC1. The van der Waals surface area contributed by atoms with E-state index >= 15 is 0 Å². The van der Waals surface area contributed by atoms with Gasteiger partial charge in [-0.15, -0.1) is 0 Å². The molecule has 1 fully saturated rings. The first-order valence-corrected chi connectivity index (χ1v) is 6.98. The summed E-state index contributed by atoms with van der Waals surface area (Å²) in [6, 6.07) is 7.24. The number of nitrogens with two attached hydrogens (primary N) is 1. The van der Waals surface area contributed by atoms with E-state index in [-0.39, 0.29) is 5.84 Å². The Balaban J connectivity index is 1.72. The molecule has 5 heteroatoms. The standard InChI is InChI=1S/C15H23N3O2/c1-15(19)6-8-18(9-7-15)10-11-20-13-4-2-12(3-5-13)14(16)17/h2-5,19H,6-11H2,1H3,(H3,16,17). The van der Waals surface area contributed by atoms with Gasteiger partial charge in [-0.25, -0.2) is 0 Å². The summed E-state index contributed by atoms with van der Waals surface area (Å²) < 4.78 is 5.68. The Kier molecular flexibility index (Phi) is 4.62. The number of nitrogen functional groups attached to an aromatic ring is 1. The number of rotatable bonds is 5. The van der Waals surface area contributed by atoms with Gasteiger partial charge in [0.2, 0.25) is 0 Å². The smallest absolute Gasteiger partial charge is 0.122 e. The normalized spacial score (nSPS) is 18.7. The van der Waals surface area contributed by atoms with Gasteiger partial charge >= 0.3 is 0 Å². The summed E-state index contributed by atoms with van der Waals surface area (Å²) in [6.45, 7) is 5.22. The molecule has 20 heavy (non-hydrogen) atoms. The largest absolute Gasteiger partial charge is 0.492 e. The maximum Gasteiger partial charge on any atom is 0.122 e. The number of hydrogen-bond acceptors (Lipinski definition) is 4. The van der Waals surface area contributed by atoms with Gasteiger partial charge in [-0.3, -0.25) is 10.3 Å². The van der Waals surface area contributed by atoms with Crippen molar-refractivity contribution in [2.45, 2.75) is 25.4 Å². The van der Waals surface area contributed by atoms with Crippen LogP contribution in [-0.4, -0.2) is 47.7 Å². The molecule has 1 saturated heterocycles. The second-order valence-corrected chi connectivity index (χ2v) is 5.63. The number of likely N-dealkylation sites (tertiary alicyclic amines) is 1. The molecule has 1 aromatic carbocycles. The van der Waals surface area contributed by atoms with Crippen LogP contribution in [-0.2, 0) is 0 Å². The number of benzene rings is 1. The Morgan fingerprint density at radius 1 is 1.35 bits per heavy atom. The lowest BCUT2D eigenvalue weighted by Gasteiger charge is -2.35. The highest BCUT2D eigenvalue weighted by Crippen LogP contribution is 2.20. The monoisotopic (exact) mass is 277 g/mol. The lowest BCUT2D eigenvalue weighted by atomic mass is 9.94. The molecule has 0 bridgehead atoms. The van der Waals surface area contributed by atoms with Gasteiger partial charge in [-0.1, -0.05) is 0 Å². The van der Waals surface area contributed by atoms with Crippen LogP contribution < -0.4 is 10.5 Å². The minimum atomic E-state index is -0.500. The zero-order valence-electron chi connectivity index (χ0n) is 11.9. The van der Waals surface area contributed by atoms with Crippen molar-refractivity contribution in [2.24, 2.45) is 5.73 Å². The molecule has 1 heterocycles. The van der Waals surface area contributed by atoms with E-state index in [9.17, 15) is 5.11 Å². The van der Waals surface area contributed by atoms with Gasteiger partial charge in [-0.05, 0) is 44.0 Å². The van der Waals surface area contributed by atoms with Crippen molar-refractivity contribution in [1.82, 2.24) is 4.90 Å². The van der Waals surface area contributed by atoms with E-state index in [1.165, 1.54) is 0 Å². The highest BCUT2D eigenvalue weighted by atomic mass is 16.5. The van der Waals surface area contributed by atoms with Gasteiger partial charge in [0.1, 0.15) is 18.2 Å². The van der Waals surface area contributed by atoms with Crippen LogP contribution in [0.2, 0.25) is 0 Å². The number of nitrogens with one attached hydrogen (secondary N) is 1. The molecule has 0 amide bonds. The highest BCUT2D eigenvalue weighted by molar-refractivity contribution is 5.94. The van der Waals surface area contributed by atoms with Crippen molar-refractivity contribution < 1.29 is 9.84 Å². The molecule has 0 spiro atoms. The van der Waals surface area contributed by atoms with E-state index in [4.69, 9.17) is 15.9 Å². The van der Waals surface area contributed by atoms with Crippen molar-refractivity contribution in [3.05, 3.63) is 29.8 Å². The first kappa shape index (κ1) is 14.8. The van der Waals surface area contributed by atoms with Crippen LogP contribution in [0, 0.1) is 5.41 Å². The van der Waals surface area contributed by atoms with Crippen LogP contribution in [0.4, 0.5) is 0 Å². The molecule has 1 aliphatic rings. The first-order valence-electron chi connectivity index (χ1n) is 6.98. The predicted molar refractivity (Wildman–Crippen MR) is 79.3 cm³/mol. The third-order valence-corrected chi connectivity index (χ3v) is 3.77. The molecule has 0 radical (unpaired) electrons. The maximum atomic E-state index is 9.88. The molecule has 4 N–H and O–H groups in total. The lowest BCUT2D eigenvalue weighted by molar-refractivity contribution is -0.00768. The van der Waals surface area contributed by atoms with E-state index in [2.05, 4.69) is 4.90 Å². The number of hydrogen-bond donors (Lipinski definition) is 3. The molecule has 0 aromatic heterocycles. The highest BCUT2D eigenvalue weighted by Gasteiger charge is 2.26. The Labute approximate surface area is 119 Å². The molecule has 0 atom stereocenters. The molecule has 110 valence electrons. The fourth-order valence-electron chi connectivity index (χ4n) is 2.28. The van der Waals surface area contributed by atoms with Crippen LogP contribution in [0.3, 0.4) is 0 Å². The average molecular weight is 277 g/mol. The number of piperidine rings is 1. The fraction of sp³-hybridized carbons (Fsp3) is 0.533. The van der Waals surface area contributed by atoms with Crippen LogP contribution in [0.25, 0.3) is 0 Å². The Morgan fingerprint density at radius 3 is 2.50 bits per heavy atom. The Bertz CT molecular complexity index is 447. The third-order valence-electron chi connectivity index (χ3n) is 3.77. The van der Waals surface area contributed by atoms with Gasteiger partial charge in [0.15, 0.2) is 0 Å². The molecular weight excluding hydrogens is 254 g/mol. The molecule has 0 aliphatic carbocycles. The van der Waals surface area contributed by atoms with Gasteiger partial charge in [0.05, 0.1) is 5.60 Å². The van der Waals surface area contributed by atoms with Crippen LogP contribution in [0.5, 0.6) is 5.75 Å². The summed E-state index contributed by atoms with van der Waals surface area (Å²) >= 11 is 0. The van der Waals surface area contributed by atoms with Crippen molar-refractivity contribution in [2.75, 3.05) is 26.2 Å². The van der Waals surface area contributed by atoms with Crippen LogP contribution >= 0.6 is 0 Å². The molecular formula is C15H23N3O2. The second-order valence-electron chi connectivity index (χ2n) is 5.63. The molecule has 5 nitrogen and oxygen atoms in total. The summed E-state index contributed by atoms with van der Waals surface area (Å²) in [5.41, 5.74) is 5.60. The van der Waals surface area contributed by atoms with Gasteiger partial charge in [0.25, 0.3) is 0 Å². The Hall–Kier alpha value is -1.59. The van der Waals surface area contributed by atoms with Crippen molar-refractivity contribution >= 4 is 5.84 Å². The summed E-state index contributed by atoms with van der Waals surface area (Å²) in [4.78, 5) is 2.31. The molecule has 2 rings (SSSR count). The summed E-state index contributed by atoms with van der Waals surface area (Å²) in [7, 11) is 0. The maximum absolute atomic E-state index is 9.88. The minimum absolute atomic E-state index is 0.0666. The molecule has 0 saturated carbocycles. The predicted octanol–water partition coefficient (Wildman–Crippen LogP) is 1.20. The topological polar surface area (TPSA) is 82.6 Å². The average Bonchev–Trinajstić information content (AvgIpc) is 2.41. The van der Waals surface area contributed by atoms with E-state index < -0.39 is 5.60 Å². The van der Waals surface area contributed by atoms with E-state index in [1.54, 1.807) is 12.1 Å². The van der Waals surface area contributed by atoms with E-state index in [0.29, 0.717) is 12.2 Å². The fourth-order valence-corrected chi connectivity index (χ4v) is 2.28. The summed E-state index contributed by atoms with van der Waals surface area (Å²) in [6.07, 6.45) is 1.64. The number of nitrogens with zero attached hydrogens (tertiary/aromatic N) is 1.